The number of nitrogens with zero attached hydrogens (tertiary/aromatic N) is 3. The van der Waals surface area contributed by atoms with Gasteiger partial charge < -0.3 is 13.7 Å². The number of rotatable bonds is 7. The third kappa shape index (κ3) is 4.54. The number of aromatic nitrogens is 3. The third-order valence-electron chi connectivity index (χ3n) is 3.91. The quantitative estimate of drug-likeness (QED) is 0.353. The molecule has 0 fully saturated rings. The standard InChI is InChI=1S/C19H19Cl2N3O3S/c1-11(2)9-24-17(14-5-4-13(20)8-15(14)21)22-23-19(24)28-10-12-6-7-27-16(12)18(25)26-3/h4-8,11H,9-10H2,1-3H3. The molecule has 2 aromatic heterocycles. The van der Waals surface area contributed by atoms with E-state index in [4.69, 9.17) is 32.4 Å². The molecule has 0 radical (unpaired) electrons. The zero-order valence-electron chi connectivity index (χ0n) is 15.6. The second-order valence-electron chi connectivity index (χ2n) is 6.49. The van der Waals surface area contributed by atoms with Gasteiger partial charge in [0.2, 0.25) is 5.76 Å². The third-order valence-corrected chi connectivity index (χ3v) is 5.47. The Bertz CT molecular complexity index is 985. The van der Waals surface area contributed by atoms with E-state index in [0.29, 0.717) is 27.5 Å². The Labute approximate surface area is 177 Å². The molecule has 1 aromatic carbocycles. The molecule has 0 saturated carbocycles. The molecule has 0 N–H and O–H groups in total. The van der Waals surface area contributed by atoms with Crippen LogP contribution in [0, 0.1) is 5.92 Å². The van der Waals surface area contributed by atoms with E-state index in [1.807, 2.05) is 10.6 Å². The maximum absolute atomic E-state index is 11.8. The molecular weight excluding hydrogens is 421 g/mol. The van der Waals surface area contributed by atoms with Crippen molar-refractivity contribution in [2.24, 2.45) is 5.92 Å². The van der Waals surface area contributed by atoms with Crippen LogP contribution in [-0.2, 0) is 17.0 Å². The maximum atomic E-state index is 11.8. The van der Waals surface area contributed by atoms with Gasteiger partial charge in [-0.3, -0.25) is 0 Å². The average Bonchev–Trinajstić information content (AvgIpc) is 3.26. The zero-order chi connectivity index (χ0) is 20.3. The molecule has 0 bridgehead atoms. The lowest BCUT2D eigenvalue weighted by Crippen LogP contribution is -2.08. The van der Waals surface area contributed by atoms with Crippen LogP contribution in [0.2, 0.25) is 10.0 Å². The summed E-state index contributed by atoms with van der Waals surface area (Å²) in [6, 6.07) is 7.05. The van der Waals surface area contributed by atoms with Crippen LogP contribution >= 0.6 is 35.0 Å². The molecule has 0 atom stereocenters. The number of benzene rings is 1. The van der Waals surface area contributed by atoms with Gasteiger partial charge in [-0.1, -0.05) is 48.8 Å². The van der Waals surface area contributed by atoms with Crippen molar-refractivity contribution in [2.45, 2.75) is 31.3 Å². The molecule has 28 heavy (non-hydrogen) atoms. The van der Waals surface area contributed by atoms with E-state index < -0.39 is 5.97 Å². The first-order valence-electron chi connectivity index (χ1n) is 8.56. The van der Waals surface area contributed by atoms with Crippen LogP contribution in [0.1, 0.15) is 30.0 Å². The smallest absolute Gasteiger partial charge is 0.374 e. The van der Waals surface area contributed by atoms with Crippen molar-refractivity contribution in [3.05, 3.63) is 51.9 Å². The van der Waals surface area contributed by atoms with Crippen LogP contribution in [0.5, 0.6) is 0 Å². The molecular formula is C19H19Cl2N3O3S. The minimum absolute atomic E-state index is 0.200. The predicted molar refractivity (Wildman–Crippen MR) is 110 cm³/mol. The number of hydrogen-bond acceptors (Lipinski definition) is 6. The van der Waals surface area contributed by atoms with Gasteiger partial charge in [0, 0.05) is 28.4 Å². The first kappa shape index (κ1) is 20.8. The highest BCUT2D eigenvalue weighted by Gasteiger charge is 2.20. The summed E-state index contributed by atoms with van der Waals surface area (Å²) in [5.74, 6) is 1.24. The molecule has 0 aliphatic carbocycles. The van der Waals surface area contributed by atoms with Gasteiger partial charge >= 0.3 is 5.97 Å². The first-order chi connectivity index (χ1) is 13.4. The second-order valence-corrected chi connectivity index (χ2v) is 8.28. The number of carbonyl (C=O) groups excluding carboxylic acids is 1. The molecule has 0 aliphatic heterocycles. The maximum Gasteiger partial charge on any atom is 0.374 e. The van der Waals surface area contributed by atoms with E-state index >= 15 is 0 Å². The number of halogens is 2. The van der Waals surface area contributed by atoms with E-state index in [0.717, 1.165) is 22.8 Å². The Morgan fingerprint density at radius 3 is 2.75 bits per heavy atom. The lowest BCUT2D eigenvalue weighted by Gasteiger charge is -2.13. The summed E-state index contributed by atoms with van der Waals surface area (Å²) in [6.45, 7) is 4.96. The van der Waals surface area contributed by atoms with Crippen LogP contribution in [-0.4, -0.2) is 27.8 Å². The monoisotopic (exact) mass is 439 g/mol. The Balaban J connectivity index is 1.91. The summed E-state index contributed by atoms with van der Waals surface area (Å²) < 4.78 is 12.0. The number of thioether (sulfide) groups is 1. The molecule has 2 heterocycles. The SMILES string of the molecule is COC(=O)c1occc1CSc1nnc(-c2ccc(Cl)cc2Cl)n1CC(C)C. The molecule has 0 aliphatic rings. The van der Waals surface area contributed by atoms with Crippen LogP contribution in [0.25, 0.3) is 11.4 Å². The number of furan rings is 1. The number of hydrogen-bond donors (Lipinski definition) is 0. The normalized spacial score (nSPS) is 11.2. The average molecular weight is 440 g/mol. The Hall–Kier alpha value is -1.96. The number of esters is 1. The van der Waals surface area contributed by atoms with Gasteiger partial charge in [0.25, 0.3) is 0 Å². The van der Waals surface area contributed by atoms with Crippen molar-refractivity contribution in [3.63, 3.8) is 0 Å². The van der Waals surface area contributed by atoms with Crippen LogP contribution < -0.4 is 0 Å². The molecule has 6 nitrogen and oxygen atoms in total. The molecule has 148 valence electrons. The number of methoxy groups -OCH3 is 1. The summed E-state index contributed by atoms with van der Waals surface area (Å²) >= 11 is 13.9. The summed E-state index contributed by atoms with van der Waals surface area (Å²) in [5.41, 5.74) is 1.51. The summed E-state index contributed by atoms with van der Waals surface area (Å²) in [5, 5.41) is 10.5. The molecule has 0 amide bonds. The minimum Gasteiger partial charge on any atom is -0.463 e. The van der Waals surface area contributed by atoms with E-state index in [1.54, 1.807) is 18.2 Å². The topological polar surface area (TPSA) is 70.2 Å². The van der Waals surface area contributed by atoms with Gasteiger partial charge in [0.15, 0.2) is 11.0 Å². The van der Waals surface area contributed by atoms with Crippen molar-refractivity contribution in [1.82, 2.24) is 14.8 Å². The molecule has 3 aromatic rings. The predicted octanol–water partition coefficient (Wildman–Crippen LogP) is 5.58. The van der Waals surface area contributed by atoms with E-state index in [-0.39, 0.29) is 5.76 Å². The van der Waals surface area contributed by atoms with Crippen molar-refractivity contribution in [2.75, 3.05) is 7.11 Å². The number of carbonyl (C=O) groups is 1. The van der Waals surface area contributed by atoms with Gasteiger partial charge in [-0.25, -0.2) is 4.79 Å². The highest BCUT2D eigenvalue weighted by atomic mass is 35.5. The fourth-order valence-corrected chi connectivity index (χ4v) is 4.08. The van der Waals surface area contributed by atoms with Gasteiger partial charge in [-0.15, -0.1) is 10.2 Å². The fourth-order valence-electron chi connectivity index (χ4n) is 2.66. The summed E-state index contributed by atoms with van der Waals surface area (Å²) in [7, 11) is 1.32. The van der Waals surface area contributed by atoms with Crippen molar-refractivity contribution in [1.29, 1.82) is 0 Å². The first-order valence-corrected chi connectivity index (χ1v) is 10.3. The van der Waals surface area contributed by atoms with Gasteiger partial charge in [0.05, 0.1) is 18.4 Å². The molecule has 0 unspecified atom stereocenters. The van der Waals surface area contributed by atoms with Crippen molar-refractivity contribution in [3.8, 4) is 11.4 Å². The molecule has 0 spiro atoms. The Kier molecular flexibility index (Phi) is 6.69. The highest BCUT2D eigenvalue weighted by molar-refractivity contribution is 7.98. The van der Waals surface area contributed by atoms with Gasteiger partial charge in [0.1, 0.15) is 0 Å². The van der Waals surface area contributed by atoms with Crippen molar-refractivity contribution >= 4 is 40.9 Å². The largest absolute Gasteiger partial charge is 0.463 e. The Morgan fingerprint density at radius 1 is 1.29 bits per heavy atom. The second kappa shape index (κ2) is 9.03. The molecule has 0 saturated heterocycles. The zero-order valence-corrected chi connectivity index (χ0v) is 17.9. The highest BCUT2D eigenvalue weighted by Crippen LogP contribution is 2.33. The fraction of sp³-hybridized carbons (Fsp3) is 0.316. The number of ether oxygens (including phenoxy) is 1. The lowest BCUT2D eigenvalue weighted by atomic mass is 10.2. The van der Waals surface area contributed by atoms with E-state index in [1.165, 1.54) is 25.1 Å². The van der Waals surface area contributed by atoms with Crippen LogP contribution in [0.15, 0.2) is 40.1 Å². The van der Waals surface area contributed by atoms with E-state index in [9.17, 15) is 4.79 Å². The molecule has 9 heteroatoms. The van der Waals surface area contributed by atoms with Crippen LogP contribution in [0.4, 0.5) is 0 Å². The summed E-state index contributed by atoms with van der Waals surface area (Å²) in [6.07, 6.45) is 1.47. The van der Waals surface area contributed by atoms with Crippen LogP contribution in [0.3, 0.4) is 0 Å². The molecule has 3 rings (SSSR count). The lowest BCUT2D eigenvalue weighted by molar-refractivity contribution is 0.0564. The summed E-state index contributed by atoms with van der Waals surface area (Å²) in [4.78, 5) is 11.8. The van der Waals surface area contributed by atoms with Crippen molar-refractivity contribution < 1.29 is 13.9 Å². The van der Waals surface area contributed by atoms with E-state index in [2.05, 4.69) is 24.0 Å². The van der Waals surface area contributed by atoms with Gasteiger partial charge in [-0.2, -0.15) is 0 Å². The Morgan fingerprint density at radius 2 is 2.07 bits per heavy atom. The van der Waals surface area contributed by atoms with Gasteiger partial charge in [-0.05, 0) is 30.2 Å². The minimum atomic E-state index is -0.502.